The van der Waals surface area contributed by atoms with Crippen molar-refractivity contribution >= 4 is 0 Å². The summed E-state index contributed by atoms with van der Waals surface area (Å²) < 4.78 is 0. The van der Waals surface area contributed by atoms with Gasteiger partial charge in [0.1, 0.15) is 0 Å². The van der Waals surface area contributed by atoms with Gasteiger partial charge in [0.25, 0.3) is 0 Å². The molecule has 0 saturated heterocycles. The maximum absolute atomic E-state index is 4.00. The van der Waals surface area contributed by atoms with Crippen LogP contribution in [0.25, 0.3) is 0 Å². The molecule has 0 aromatic carbocycles. The molecule has 0 nitrogen and oxygen atoms in total. The lowest BCUT2D eigenvalue weighted by Crippen LogP contribution is -2.11. The molecule has 0 aliphatic heterocycles. The highest BCUT2D eigenvalue weighted by Gasteiger charge is 2.14. The highest BCUT2D eigenvalue weighted by atomic mass is 14.2. The third-order valence-corrected chi connectivity index (χ3v) is 4.11. The zero-order valence-electron chi connectivity index (χ0n) is 12.1. The van der Waals surface area contributed by atoms with Crippen LogP contribution in [0.1, 0.15) is 66.7 Å². The van der Waals surface area contributed by atoms with Gasteiger partial charge in [0.05, 0.1) is 0 Å². The molecule has 0 fully saturated rings. The minimum Gasteiger partial charge on any atom is -0.103 e. The third kappa shape index (κ3) is 6.35. The summed E-state index contributed by atoms with van der Waals surface area (Å²) in [5, 5.41) is 0. The molecule has 16 heavy (non-hydrogen) atoms. The van der Waals surface area contributed by atoms with Crippen LogP contribution in [0.2, 0.25) is 0 Å². The zero-order chi connectivity index (χ0) is 12.6. The Morgan fingerprint density at radius 1 is 1.00 bits per heavy atom. The second-order valence-electron chi connectivity index (χ2n) is 5.73. The van der Waals surface area contributed by atoms with Crippen LogP contribution in [0.15, 0.2) is 12.7 Å². The van der Waals surface area contributed by atoms with E-state index in [1.165, 1.54) is 32.1 Å². The van der Waals surface area contributed by atoms with Gasteiger partial charge in [-0.1, -0.05) is 53.5 Å². The molecule has 0 N–H and O–H groups in total. The Labute approximate surface area is 104 Å². The number of hydrogen-bond donors (Lipinski definition) is 0. The summed E-state index contributed by atoms with van der Waals surface area (Å²) in [5.41, 5.74) is 0. The molecule has 0 aliphatic rings. The second kappa shape index (κ2) is 8.84. The van der Waals surface area contributed by atoms with Gasteiger partial charge in [0.15, 0.2) is 0 Å². The lowest BCUT2D eigenvalue weighted by Gasteiger charge is -2.22. The van der Waals surface area contributed by atoms with E-state index in [2.05, 4.69) is 47.3 Å². The lowest BCUT2D eigenvalue weighted by atomic mass is 9.83. The van der Waals surface area contributed by atoms with E-state index in [1.54, 1.807) is 0 Å². The molecule has 0 rings (SSSR count). The molecule has 0 spiro atoms. The van der Waals surface area contributed by atoms with Crippen molar-refractivity contribution < 1.29 is 0 Å². The van der Waals surface area contributed by atoms with Crippen molar-refractivity contribution in [3.8, 4) is 0 Å². The zero-order valence-corrected chi connectivity index (χ0v) is 12.1. The van der Waals surface area contributed by atoms with Crippen molar-refractivity contribution in [3.63, 3.8) is 0 Å². The Balaban J connectivity index is 3.98. The molecule has 0 bridgehead atoms. The number of allylic oxidation sites excluding steroid dienone is 1. The monoisotopic (exact) mass is 224 g/mol. The maximum Gasteiger partial charge on any atom is -0.0234 e. The van der Waals surface area contributed by atoms with E-state index >= 15 is 0 Å². The van der Waals surface area contributed by atoms with Gasteiger partial charge in [0, 0.05) is 0 Å². The average molecular weight is 224 g/mol. The summed E-state index contributed by atoms with van der Waals surface area (Å²) in [6.07, 6.45) is 8.84. The van der Waals surface area contributed by atoms with Crippen LogP contribution < -0.4 is 0 Å². The predicted octanol–water partition coefficient (Wildman–Crippen LogP) is 5.69. The fraction of sp³-hybridized carbons (Fsp3) is 0.875. The van der Waals surface area contributed by atoms with Crippen LogP contribution in [0.5, 0.6) is 0 Å². The predicted molar refractivity (Wildman–Crippen MR) is 75.6 cm³/mol. The minimum absolute atomic E-state index is 0.739. The summed E-state index contributed by atoms with van der Waals surface area (Å²) >= 11 is 0. The normalized spacial score (nSPS) is 17.1. The molecule has 0 aliphatic carbocycles. The summed E-state index contributed by atoms with van der Waals surface area (Å²) in [4.78, 5) is 0. The number of hydrogen-bond acceptors (Lipinski definition) is 0. The minimum atomic E-state index is 0.739. The van der Waals surface area contributed by atoms with Crippen LogP contribution in [0.3, 0.4) is 0 Å². The summed E-state index contributed by atoms with van der Waals surface area (Å²) in [6, 6.07) is 0. The van der Waals surface area contributed by atoms with Gasteiger partial charge in [-0.3, -0.25) is 0 Å². The van der Waals surface area contributed by atoms with E-state index in [9.17, 15) is 0 Å². The van der Waals surface area contributed by atoms with Gasteiger partial charge in [-0.2, -0.15) is 0 Å². The van der Waals surface area contributed by atoms with Gasteiger partial charge in [-0.05, 0) is 42.9 Å². The van der Waals surface area contributed by atoms with Gasteiger partial charge in [-0.15, -0.1) is 6.58 Å². The van der Waals surface area contributed by atoms with Crippen molar-refractivity contribution in [2.75, 3.05) is 0 Å². The van der Waals surface area contributed by atoms with Crippen molar-refractivity contribution in [1.29, 1.82) is 0 Å². The molecule has 0 heteroatoms. The maximum atomic E-state index is 4.00. The van der Waals surface area contributed by atoms with Gasteiger partial charge >= 0.3 is 0 Å². The van der Waals surface area contributed by atoms with E-state index in [4.69, 9.17) is 0 Å². The van der Waals surface area contributed by atoms with Crippen LogP contribution >= 0.6 is 0 Å². The van der Waals surface area contributed by atoms with E-state index in [0.717, 1.165) is 23.7 Å². The first-order valence-electron chi connectivity index (χ1n) is 7.17. The van der Waals surface area contributed by atoms with Crippen LogP contribution in [0.4, 0.5) is 0 Å². The van der Waals surface area contributed by atoms with Crippen LogP contribution in [0, 0.1) is 23.7 Å². The van der Waals surface area contributed by atoms with Gasteiger partial charge in [-0.25, -0.2) is 0 Å². The highest BCUT2D eigenvalue weighted by molar-refractivity contribution is 4.81. The molecule has 0 heterocycles. The molecule has 0 saturated carbocycles. The largest absolute Gasteiger partial charge is 0.103 e. The molecule has 0 amide bonds. The van der Waals surface area contributed by atoms with Crippen LogP contribution in [-0.4, -0.2) is 0 Å². The fourth-order valence-corrected chi connectivity index (χ4v) is 2.45. The first-order chi connectivity index (χ1) is 7.54. The Bertz CT molecular complexity index is 169. The van der Waals surface area contributed by atoms with Crippen molar-refractivity contribution in [2.45, 2.75) is 66.7 Å². The first-order valence-corrected chi connectivity index (χ1v) is 7.17. The Kier molecular flexibility index (Phi) is 8.70. The van der Waals surface area contributed by atoms with Crippen molar-refractivity contribution in [1.82, 2.24) is 0 Å². The molecule has 3 unspecified atom stereocenters. The summed E-state index contributed by atoms with van der Waals surface area (Å²) in [6.45, 7) is 15.7. The average Bonchev–Trinajstić information content (AvgIpc) is 2.27. The smallest absolute Gasteiger partial charge is 0.0234 e. The lowest BCUT2D eigenvalue weighted by molar-refractivity contribution is 0.308. The standard InChI is InChI=1S/C16H32/c1-7-14(6)12-15(8-2)10-11-16(9-3)13(4)5/h8,13-16H,2,7,9-12H2,1,3-6H3. The number of rotatable bonds is 9. The Morgan fingerprint density at radius 2 is 1.62 bits per heavy atom. The first kappa shape index (κ1) is 15.7. The molecular formula is C16H32. The molecular weight excluding hydrogens is 192 g/mol. The molecule has 96 valence electrons. The van der Waals surface area contributed by atoms with E-state index < -0.39 is 0 Å². The Hall–Kier alpha value is -0.260. The Morgan fingerprint density at radius 3 is 2.00 bits per heavy atom. The fourth-order valence-electron chi connectivity index (χ4n) is 2.45. The van der Waals surface area contributed by atoms with Gasteiger partial charge < -0.3 is 0 Å². The van der Waals surface area contributed by atoms with E-state index in [-0.39, 0.29) is 0 Å². The van der Waals surface area contributed by atoms with Gasteiger partial charge in [0.2, 0.25) is 0 Å². The molecule has 3 atom stereocenters. The second-order valence-corrected chi connectivity index (χ2v) is 5.73. The van der Waals surface area contributed by atoms with Crippen molar-refractivity contribution in [3.05, 3.63) is 12.7 Å². The molecule has 0 radical (unpaired) electrons. The molecule has 0 aromatic rings. The van der Waals surface area contributed by atoms with E-state index in [1.807, 2.05) is 0 Å². The quantitative estimate of drug-likeness (QED) is 0.441. The molecule has 0 aromatic heterocycles. The van der Waals surface area contributed by atoms with Crippen LogP contribution in [-0.2, 0) is 0 Å². The summed E-state index contributed by atoms with van der Waals surface area (Å²) in [7, 11) is 0. The highest BCUT2D eigenvalue weighted by Crippen LogP contribution is 2.26. The SMILES string of the molecule is C=CC(CCC(CC)C(C)C)CC(C)CC. The third-order valence-electron chi connectivity index (χ3n) is 4.11. The topological polar surface area (TPSA) is 0 Å². The van der Waals surface area contributed by atoms with Crippen molar-refractivity contribution in [2.24, 2.45) is 23.7 Å². The van der Waals surface area contributed by atoms with E-state index in [0.29, 0.717) is 0 Å². The summed E-state index contributed by atoms with van der Waals surface area (Å²) in [5.74, 6) is 3.32.